The van der Waals surface area contributed by atoms with E-state index in [0.717, 1.165) is 5.56 Å². The maximum absolute atomic E-state index is 10.6. The summed E-state index contributed by atoms with van der Waals surface area (Å²) in [7, 11) is 0. The lowest BCUT2D eigenvalue weighted by molar-refractivity contribution is -0.102. The van der Waals surface area contributed by atoms with Crippen LogP contribution in [0, 0.1) is 6.92 Å². The van der Waals surface area contributed by atoms with Crippen molar-refractivity contribution in [2.24, 2.45) is 0 Å². The van der Waals surface area contributed by atoms with Crippen LogP contribution in [0.15, 0.2) is 11.4 Å². The van der Waals surface area contributed by atoms with Gasteiger partial charge >= 0.3 is 0 Å². The average molecular weight is 212 g/mol. The molecule has 2 rings (SSSR count). The van der Waals surface area contributed by atoms with Gasteiger partial charge in [0.1, 0.15) is 5.60 Å². The summed E-state index contributed by atoms with van der Waals surface area (Å²) < 4.78 is 5.57. The largest absolute Gasteiger partial charge is 0.382 e. The molecule has 3 heteroatoms. The first-order valence-electron chi connectivity index (χ1n) is 4.88. The Kier molecular flexibility index (Phi) is 2.21. The van der Waals surface area contributed by atoms with E-state index in [4.69, 9.17) is 4.74 Å². The van der Waals surface area contributed by atoms with Crippen molar-refractivity contribution >= 4 is 11.3 Å². The number of hydrogen-bond donors (Lipinski definition) is 1. The second kappa shape index (κ2) is 3.05. The smallest absolute Gasteiger partial charge is 0.121 e. The molecule has 0 aromatic carbocycles. The van der Waals surface area contributed by atoms with Gasteiger partial charge in [0, 0.05) is 11.3 Å². The van der Waals surface area contributed by atoms with Gasteiger partial charge in [-0.25, -0.2) is 0 Å². The van der Waals surface area contributed by atoms with Crippen LogP contribution in [0.3, 0.4) is 0 Å². The molecule has 1 unspecified atom stereocenters. The summed E-state index contributed by atoms with van der Waals surface area (Å²) in [5, 5.41) is 12.6. The molecule has 2 heterocycles. The molecule has 1 saturated heterocycles. The van der Waals surface area contributed by atoms with E-state index < -0.39 is 11.2 Å². The van der Waals surface area contributed by atoms with Gasteiger partial charge in [-0.3, -0.25) is 0 Å². The third-order valence-electron chi connectivity index (χ3n) is 3.13. The van der Waals surface area contributed by atoms with E-state index in [9.17, 15) is 5.11 Å². The zero-order valence-corrected chi connectivity index (χ0v) is 9.65. The van der Waals surface area contributed by atoms with Crippen LogP contribution in [0.4, 0.5) is 0 Å². The van der Waals surface area contributed by atoms with Crippen LogP contribution in [0.1, 0.15) is 30.7 Å². The molecule has 1 N–H and O–H groups in total. The zero-order valence-electron chi connectivity index (χ0n) is 8.83. The van der Waals surface area contributed by atoms with E-state index in [1.807, 2.05) is 19.2 Å². The van der Waals surface area contributed by atoms with Crippen molar-refractivity contribution in [1.82, 2.24) is 0 Å². The lowest BCUT2D eigenvalue weighted by Crippen LogP contribution is -2.43. The molecular formula is C11H16O2S. The Morgan fingerprint density at radius 1 is 1.50 bits per heavy atom. The molecule has 1 fully saturated rings. The Morgan fingerprint density at radius 3 is 2.64 bits per heavy atom. The van der Waals surface area contributed by atoms with Gasteiger partial charge in [-0.1, -0.05) is 0 Å². The summed E-state index contributed by atoms with van der Waals surface area (Å²) in [5.41, 5.74) is -0.277. The fourth-order valence-electron chi connectivity index (χ4n) is 2.03. The lowest BCUT2D eigenvalue weighted by atomic mass is 9.81. The standard InChI is InChI=1S/C11H16O2S/c1-8-6-9(7-14-8)11(12)4-5-13-10(11,2)3/h6-7,12H,4-5H2,1-3H3. The third-order valence-corrected chi connectivity index (χ3v) is 3.99. The third kappa shape index (κ3) is 1.31. The molecule has 78 valence electrons. The van der Waals surface area contributed by atoms with E-state index in [1.54, 1.807) is 11.3 Å². The van der Waals surface area contributed by atoms with E-state index >= 15 is 0 Å². The quantitative estimate of drug-likeness (QED) is 0.774. The molecule has 1 aromatic rings. The molecule has 0 amide bonds. The Morgan fingerprint density at radius 2 is 2.21 bits per heavy atom. The van der Waals surface area contributed by atoms with Gasteiger partial charge in [0.05, 0.1) is 12.2 Å². The zero-order chi connectivity index (χ0) is 10.4. The minimum Gasteiger partial charge on any atom is -0.382 e. The monoisotopic (exact) mass is 212 g/mol. The molecule has 1 aliphatic heterocycles. The summed E-state index contributed by atoms with van der Waals surface area (Å²) >= 11 is 1.67. The van der Waals surface area contributed by atoms with Crippen molar-refractivity contribution in [2.45, 2.75) is 38.4 Å². The summed E-state index contributed by atoms with van der Waals surface area (Å²) in [6.45, 7) is 6.60. The minimum absolute atomic E-state index is 0.472. The lowest BCUT2D eigenvalue weighted by Gasteiger charge is -2.34. The van der Waals surface area contributed by atoms with Crippen LogP contribution in [0.2, 0.25) is 0 Å². The van der Waals surface area contributed by atoms with Gasteiger partial charge in [-0.05, 0) is 37.8 Å². The van der Waals surface area contributed by atoms with Crippen LogP contribution >= 0.6 is 11.3 Å². The molecule has 0 aliphatic carbocycles. The van der Waals surface area contributed by atoms with E-state index in [-0.39, 0.29) is 0 Å². The SMILES string of the molecule is Cc1cc(C2(O)CCOC2(C)C)cs1. The fourth-order valence-corrected chi connectivity index (χ4v) is 2.80. The molecular weight excluding hydrogens is 196 g/mol. The maximum Gasteiger partial charge on any atom is 0.121 e. The minimum atomic E-state index is -0.808. The van der Waals surface area contributed by atoms with Crippen molar-refractivity contribution in [1.29, 1.82) is 0 Å². The molecule has 0 saturated carbocycles. The van der Waals surface area contributed by atoms with Crippen molar-refractivity contribution in [2.75, 3.05) is 6.61 Å². The summed E-state index contributed by atoms with van der Waals surface area (Å²) in [5.74, 6) is 0. The summed E-state index contributed by atoms with van der Waals surface area (Å²) in [6, 6.07) is 2.06. The van der Waals surface area contributed by atoms with Crippen LogP contribution < -0.4 is 0 Å². The molecule has 0 spiro atoms. The molecule has 14 heavy (non-hydrogen) atoms. The summed E-state index contributed by atoms with van der Waals surface area (Å²) in [6.07, 6.45) is 0.691. The first-order valence-corrected chi connectivity index (χ1v) is 5.76. The highest BCUT2D eigenvalue weighted by molar-refractivity contribution is 7.10. The number of ether oxygens (including phenoxy) is 1. The van der Waals surface area contributed by atoms with E-state index in [0.29, 0.717) is 13.0 Å². The fraction of sp³-hybridized carbons (Fsp3) is 0.636. The van der Waals surface area contributed by atoms with Crippen molar-refractivity contribution in [3.8, 4) is 0 Å². The number of hydrogen-bond acceptors (Lipinski definition) is 3. The molecule has 1 aromatic heterocycles. The molecule has 1 atom stereocenters. The second-order valence-electron chi connectivity index (χ2n) is 4.42. The number of aryl methyl sites for hydroxylation is 1. The Hall–Kier alpha value is -0.380. The second-order valence-corrected chi connectivity index (χ2v) is 5.53. The maximum atomic E-state index is 10.6. The predicted octanol–water partition coefficient (Wildman–Crippen LogP) is 2.44. The van der Waals surface area contributed by atoms with Gasteiger partial charge in [0.25, 0.3) is 0 Å². The van der Waals surface area contributed by atoms with Crippen LogP contribution in [0.25, 0.3) is 0 Å². The van der Waals surface area contributed by atoms with Crippen molar-refractivity contribution in [3.05, 3.63) is 21.9 Å². The number of thiophene rings is 1. The van der Waals surface area contributed by atoms with Crippen LogP contribution in [0.5, 0.6) is 0 Å². The van der Waals surface area contributed by atoms with Gasteiger partial charge in [0.15, 0.2) is 0 Å². The first kappa shape index (κ1) is 10.1. The number of rotatable bonds is 1. The van der Waals surface area contributed by atoms with Gasteiger partial charge in [0.2, 0.25) is 0 Å². The Balaban J connectivity index is 2.41. The molecule has 2 nitrogen and oxygen atoms in total. The van der Waals surface area contributed by atoms with Crippen molar-refractivity contribution < 1.29 is 9.84 Å². The number of aliphatic hydroxyl groups is 1. The van der Waals surface area contributed by atoms with Crippen LogP contribution in [-0.4, -0.2) is 17.3 Å². The summed E-state index contributed by atoms with van der Waals surface area (Å²) in [4.78, 5) is 1.23. The van der Waals surface area contributed by atoms with Crippen LogP contribution in [-0.2, 0) is 10.3 Å². The molecule has 1 aliphatic rings. The molecule has 0 bridgehead atoms. The van der Waals surface area contributed by atoms with Gasteiger partial charge in [-0.2, -0.15) is 0 Å². The average Bonchev–Trinajstić information content (AvgIpc) is 2.60. The van der Waals surface area contributed by atoms with Gasteiger partial charge in [-0.15, -0.1) is 11.3 Å². The molecule has 0 radical (unpaired) electrons. The topological polar surface area (TPSA) is 29.5 Å². The Labute approximate surface area is 88.5 Å². The van der Waals surface area contributed by atoms with Crippen molar-refractivity contribution in [3.63, 3.8) is 0 Å². The highest BCUT2D eigenvalue weighted by Gasteiger charge is 2.50. The first-order chi connectivity index (χ1) is 6.46. The normalized spacial score (nSPS) is 30.9. The predicted molar refractivity (Wildman–Crippen MR) is 57.6 cm³/mol. The Bertz CT molecular complexity index is 343. The van der Waals surface area contributed by atoms with E-state index in [2.05, 4.69) is 13.0 Å². The van der Waals surface area contributed by atoms with Gasteiger partial charge < -0.3 is 9.84 Å². The highest BCUT2D eigenvalue weighted by atomic mass is 32.1. The highest BCUT2D eigenvalue weighted by Crippen LogP contribution is 2.44. The van der Waals surface area contributed by atoms with E-state index in [1.165, 1.54) is 4.88 Å².